The summed E-state index contributed by atoms with van der Waals surface area (Å²) in [6.45, 7) is 6.00. The maximum Gasteiger partial charge on any atom is 0.356 e. The molecule has 0 spiro atoms. The van der Waals surface area contributed by atoms with Crippen molar-refractivity contribution in [2.24, 2.45) is 0 Å². The lowest BCUT2D eigenvalue weighted by molar-refractivity contribution is -0.121. The highest BCUT2D eigenvalue weighted by Gasteiger charge is 2.15. The lowest BCUT2D eigenvalue weighted by Gasteiger charge is -2.11. The first-order chi connectivity index (χ1) is 8.45. The highest BCUT2D eigenvalue weighted by atomic mass is 16.5. The molecule has 1 heterocycles. The maximum atomic E-state index is 11.5. The minimum atomic E-state index is -0.445. The summed E-state index contributed by atoms with van der Waals surface area (Å²) in [7, 11) is 1.32. The van der Waals surface area contributed by atoms with E-state index in [1.54, 1.807) is 11.5 Å². The van der Waals surface area contributed by atoms with Gasteiger partial charge in [-0.15, -0.1) is 0 Å². The zero-order valence-electron chi connectivity index (χ0n) is 11.2. The summed E-state index contributed by atoms with van der Waals surface area (Å²) in [5, 5.41) is 2.80. The second-order valence-corrected chi connectivity index (χ2v) is 4.31. The molecule has 18 heavy (non-hydrogen) atoms. The topological polar surface area (TPSA) is 73.2 Å². The number of carbonyl (C=O) groups excluding carboxylic acids is 2. The van der Waals surface area contributed by atoms with Gasteiger partial charge in [0, 0.05) is 19.0 Å². The second kappa shape index (κ2) is 6.18. The number of hydrogen-bond donors (Lipinski definition) is 1. The monoisotopic (exact) mass is 253 g/mol. The van der Waals surface area contributed by atoms with E-state index in [9.17, 15) is 9.59 Å². The molecule has 1 aromatic heterocycles. The van der Waals surface area contributed by atoms with Gasteiger partial charge in [-0.3, -0.25) is 4.79 Å². The molecule has 1 amide bonds. The van der Waals surface area contributed by atoms with E-state index in [4.69, 9.17) is 0 Å². The predicted octanol–water partition coefficient (Wildman–Crippen LogP) is 0.893. The van der Waals surface area contributed by atoms with Crippen molar-refractivity contribution in [2.45, 2.75) is 39.8 Å². The molecule has 0 bridgehead atoms. The van der Waals surface area contributed by atoms with Gasteiger partial charge in [0.05, 0.1) is 13.3 Å². The highest BCUT2D eigenvalue weighted by molar-refractivity contribution is 5.87. The quantitative estimate of drug-likeness (QED) is 0.791. The molecule has 0 atom stereocenters. The largest absolute Gasteiger partial charge is 0.464 e. The van der Waals surface area contributed by atoms with Gasteiger partial charge in [-0.25, -0.2) is 9.78 Å². The van der Waals surface area contributed by atoms with Crippen LogP contribution in [0.3, 0.4) is 0 Å². The summed E-state index contributed by atoms with van der Waals surface area (Å²) in [5.74, 6) is 0.196. The van der Waals surface area contributed by atoms with Crippen molar-refractivity contribution in [2.75, 3.05) is 7.11 Å². The average molecular weight is 253 g/mol. The van der Waals surface area contributed by atoms with E-state index in [0.717, 1.165) is 0 Å². The Labute approximate surface area is 106 Å². The number of nitrogens with zero attached hydrogens (tertiary/aromatic N) is 2. The molecule has 0 saturated heterocycles. The van der Waals surface area contributed by atoms with E-state index >= 15 is 0 Å². The third kappa shape index (κ3) is 3.58. The second-order valence-electron chi connectivity index (χ2n) is 4.31. The lowest BCUT2D eigenvalue weighted by Crippen LogP contribution is -2.31. The predicted molar refractivity (Wildman–Crippen MR) is 66.2 cm³/mol. The zero-order chi connectivity index (χ0) is 13.7. The molecule has 1 N–H and O–H groups in total. The highest BCUT2D eigenvalue weighted by Crippen LogP contribution is 2.07. The van der Waals surface area contributed by atoms with Crippen molar-refractivity contribution in [3.63, 3.8) is 0 Å². The number of carbonyl (C=O) groups is 2. The molecule has 0 aliphatic heterocycles. The third-order valence-electron chi connectivity index (χ3n) is 2.46. The normalized spacial score (nSPS) is 10.5. The van der Waals surface area contributed by atoms with Crippen LogP contribution in [0.25, 0.3) is 0 Å². The van der Waals surface area contributed by atoms with Crippen LogP contribution in [0.4, 0.5) is 0 Å². The van der Waals surface area contributed by atoms with Crippen LogP contribution < -0.4 is 5.32 Å². The summed E-state index contributed by atoms with van der Waals surface area (Å²) < 4.78 is 6.35. The van der Waals surface area contributed by atoms with E-state index < -0.39 is 5.97 Å². The number of imidazole rings is 1. The first kappa shape index (κ1) is 14.2. The van der Waals surface area contributed by atoms with Gasteiger partial charge in [-0.2, -0.15) is 0 Å². The standard InChI is InChI=1S/C12H19N3O3/c1-8(2)14-11(16)5-6-15-9(3)13-7-10(15)12(17)18-4/h7-8H,5-6H2,1-4H3,(H,14,16). The molecule has 0 radical (unpaired) electrons. The molecular formula is C12H19N3O3. The molecule has 0 aliphatic carbocycles. The van der Waals surface area contributed by atoms with Crippen molar-refractivity contribution < 1.29 is 14.3 Å². The van der Waals surface area contributed by atoms with Crippen molar-refractivity contribution in [3.05, 3.63) is 17.7 Å². The molecule has 100 valence electrons. The maximum absolute atomic E-state index is 11.5. The number of hydrogen-bond acceptors (Lipinski definition) is 4. The Morgan fingerprint density at radius 1 is 1.50 bits per heavy atom. The SMILES string of the molecule is COC(=O)c1cnc(C)n1CCC(=O)NC(C)C. The Hall–Kier alpha value is -1.85. The Morgan fingerprint density at radius 2 is 2.17 bits per heavy atom. The molecule has 1 aromatic rings. The number of aromatic nitrogens is 2. The first-order valence-electron chi connectivity index (χ1n) is 5.85. The summed E-state index contributed by atoms with van der Waals surface area (Å²) in [5.41, 5.74) is 0.368. The number of rotatable bonds is 5. The van der Waals surface area contributed by atoms with E-state index in [1.807, 2.05) is 13.8 Å². The Bertz CT molecular complexity index is 438. The average Bonchev–Trinajstić information content (AvgIpc) is 2.66. The summed E-state index contributed by atoms with van der Waals surface area (Å²) in [6, 6.07) is 0.112. The van der Waals surface area contributed by atoms with Crippen LogP contribution in [0.2, 0.25) is 0 Å². The van der Waals surface area contributed by atoms with E-state index in [0.29, 0.717) is 24.5 Å². The van der Waals surface area contributed by atoms with Gasteiger partial charge in [0.25, 0.3) is 0 Å². The molecule has 0 unspecified atom stereocenters. The van der Waals surface area contributed by atoms with Gasteiger partial charge in [-0.1, -0.05) is 0 Å². The van der Waals surface area contributed by atoms with Crippen molar-refractivity contribution in [3.8, 4) is 0 Å². The van der Waals surface area contributed by atoms with Crippen LogP contribution in [0, 0.1) is 6.92 Å². The van der Waals surface area contributed by atoms with Gasteiger partial charge in [0.2, 0.25) is 5.91 Å². The molecule has 6 nitrogen and oxygen atoms in total. The molecule has 1 rings (SSSR count). The number of amides is 1. The smallest absolute Gasteiger partial charge is 0.356 e. The van der Waals surface area contributed by atoms with E-state index in [-0.39, 0.29) is 11.9 Å². The molecule has 6 heteroatoms. The molecular weight excluding hydrogens is 234 g/mol. The summed E-state index contributed by atoms with van der Waals surface area (Å²) >= 11 is 0. The van der Waals surface area contributed by atoms with Gasteiger partial charge in [-0.05, 0) is 20.8 Å². The van der Waals surface area contributed by atoms with Gasteiger partial charge in [0.1, 0.15) is 11.5 Å². The molecule has 0 aromatic carbocycles. The third-order valence-corrected chi connectivity index (χ3v) is 2.46. The van der Waals surface area contributed by atoms with E-state index in [1.165, 1.54) is 13.3 Å². The minimum absolute atomic E-state index is 0.0473. The van der Waals surface area contributed by atoms with Gasteiger partial charge in [0.15, 0.2) is 0 Å². The Balaban J connectivity index is 2.69. The van der Waals surface area contributed by atoms with Crippen LogP contribution in [0.1, 0.15) is 36.6 Å². The first-order valence-corrected chi connectivity index (χ1v) is 5.85. The zero-order valence-corrected chi connectivity index (χ0v) is 11.2. The fourth-order valence-electron chi connectivity index (χ4n) is 1.63. The van der Waals surface area contributed by atoms with Crippen LogP contribution >= 0.6 is 0 Å². The number of methoxy groups -OCH3 is 1. The number of nitrogens with one attached hydrogen (secondary N) is 1. The summed E-state index contributed by atoms with van der Waals surface area (Å²) in [6.07, 6.45) is 1.76. The fourth-order valence-corrected chi connectivity index (χ4v) is 1.63. The fraction of sp³-hybridized carbons (Fsp3) is 0.583. The lowest BCUT2D eigenvalue weighted by atomic mass is 10.3. The van der Waals surface area contributed by atoms with Crippen molar-refractivity contribution in [1.82, 2.24) is 14.9 Å². The van der Waals surface area contributed by atoms with Crippen LogP contribution in [-0.2, 0) is 16.1 Å². The molecule has 0 aliphatic rings. The van der Waals surface area contributed by atoms with Crippen LogP contribution in [0.5, 0.6) is 0 Å². The van der Waals surface area contributed by atoms with E-state index in [2.05, 4.69) is 15.0 Å². The van der Waals surface area contributed by atoms with Gasteiger partial charge < -0.3 is 14.6 Å². The number of esters is 1. The van der Waals surface area contributed by atoms with Crippen LogP contribution in [-0.4, -0.2) is 34.6 Å². The Kier molecular flexibility index (Phi) is 4.88. The Morgan fingerprint density at radius 3 is 2.72 bits per heavy atom. The number of ether oxygens (including phenoxy) is 1. The summed E-state index contributed by atoms with van der Waals surface area (Å²) in [4.78, 5) is 27.1. The van der Waals surface area contributed by atoms with Crippen molar-refractivity contribution >= 4 is 11.9 Å². The molecule has 0 fully saturated rings. The number of aryl methyl sites for hydroxylation is 1. The van der Waals surface area contributed by atoms with Crippen molar-refractivity contribution in [1.29, 1.82) is 0 Å². The molecule has 0 saturated carbocycles. The van der Waals surface area contributed by atoms with Crippen LogP contribution in [0.15, 0.2) is 6.20 Å². The minimum Gasteiger partial charge on any atom is -0.464 e. The van der Waals surface area contributed by atoms with Gasteiger partial charge >= 0.3 is 5.97 Å².